The van der Waals surface area contributed by atoms with Crippen molar-refractivity contribution in [2.24, 2.45) is 0 Å². The Morgan fingerprint density at radius 1 is 1.06 bits per heavy atom. The summed E-state index contributed by atoms with van der Waals surface area (Å²) < 4.78 is 41.3. The van der Waals surface area contributed by atoms with Crippen molar-refractivity contribution in [2.75, 3.05) is 36.8 Å². The van der Waals surface area contributed by atoms with Gasteiger partial charge in [-0.3, -0.25) is 19.7 Å². The molecule has 2 saturated heterocycles. The lowest BCUT2D eigenvalue weighted by atomic mass is 9.97. The van der Waals surface area contributed by atoms with Crippen molar-refractivity contribution in [3.05, 3.63) is 105 Å². The van der Waals surface area contributed by atoms with E-state index in [1.807, 2.05) is 12.3 Å². The van der Waals surface area contributed by atoms with Crippen LogP contribution in [0.15, 0.2) is 72.7 Å². The standard InChI is InChI=1S/C38H38Cl2F3N9O/c1-37(2,3)51-11-9-27(10-12-51)52-19-32(48-49-52)34(22-5-4-6-23(13-22)36(53)50-20-38(42,43)21-50)47-26-14-28-33(46-25-7-8-31(41)29(39)15-25)24(17-44)18-45-35(28)30(40)16-26/h4-8,13-16,18-19,27,34,47-49H,9-12,20-21H2,1-3H3,(H,45,46)/t34-/m0/s1. The van der Waals surface area contributed by atoms with E-state index in [2.05, 4.69) is 63.3 Å². The van der Waals surface area contributed by atoms with E-state index in [9.17, 15) is 23.2 Å². The zero-order valence-electron chi connectivity index (χ0n) is 29.3. The predicted octanol–water partition coefficient (Wildman–Crippen LogP) is 7.97. The van der Waals surface area contributed by atoms with E-state index >= 15 is 0 Å². The minimum absolute atomic E-state index is 0.0815. The Morgan fingerprint density at radius 2 is 1.79 bits per heavy atom. The largest absolute Gasteiger partial charge is 0.373 e. The van der Waals surface area contributed by atoms with Gasteiger partial charge in [0.05, 0.1) is 51.6 Å². The molecule has 0 saturated carbocycles. The van der Waals surface area contributed by atoms with Crippen LogP contribution in [0, 0.1) is 17.1 Å². The number of alkyl halides is 2. The molecule has 0 radical (unpaired) electrons. The van der Waals surface area contributed by atoms with Crippen molar-refractivity contribution < 1.29 is 18.0 Å². The molecule has 10 nitrogen and oxygen atoms in total. The lowest BCUT2D eigenvalue weighted by Crippen LogP contribution is -2.58. The molecule has 3 aliphatic heterocycles. The maximum Gasteiger partial charge on any atom is 0.282 e. The number of likely N-dealkylation sites (tertiary alicyclic amines) is 2. The third-order valence-corrected chi connectivity index (χ3v) is 10.4. The van der Waals surface area contributed by atoms with E-state index < -0.39 is 36.8 Å². The van der Waals surface area contributed by atoms with Crippen molar-refractivity contribution in [3.8, 4) is 6.07 Å². The fourth-order valence-electron chi connectivity index (χ4n) is 6.98. The molecular weight excluding hydrogens is 726 g/mol. The van der Waals surface area contributed by atoms with Crippen LogP contribution in [0.4, 0.5) is 30.2 Å². The summed E-state index contributed by atoms with van der Waals surface area (Å²) in [6, 6.07) is 16.4. The van der Waals surface area contributed by atoms with Crippen molar-refractivity contribution in [2.45, 2.75) is 57.2 Å². The monoisotopic (exact) mass is 763 g/mol. The van der Waals surface area contributed by atoms with Gasteiger partial charge in [-0.25, -0.2) is 13.2 Å². The molecule has 4 N–H and O–H groups in total. The van der Waals surface area contributed by atoms with Crippen molar-refractivity contribution >= 4 is 57.1 Å². The van der Waals surface area contributed by atoms with Gasteiger partial charge in [-0.1, -0.05) is 35.3 Å². The van der Waals surface area contributed by atoms with E-state index in [0.717, 1.165) is 36.5 Å². The number of hydrogen-bond acceptors (Lipinski definition) is 9. The van der Waals surface area contributed by atoms with Crippen molar-refractivity contribution in [1.82, 2.24) is 30.8 Å². The Bertz CT molecular complexity index is 2140. The van der Waals surface area contributed by atoms with Crippen LogP contribution < -0.4 is 21.6 Å². The number of benzene rings is 3. The molecule has 1 atom stereocenters. The minimum atomic E-state index is -2.89. The second-order valence-electron chi connectivity index (χ2n) is 14.6. The summed E-state index contributed by atoms with van der Waals surface area (Å²) >= 11 is 12.9. The molecule has 15 heteroatoms. The van der Waals surface area contributed by atoms with Gasteiger partial charge in [-0.15, -0.1) is 5.53 Å². The predicted molar refractivity (Wildman–Crippen MR) is 200 cm³/mol. The van der Waals surface area contributed by atoms with Crippen LogP contribution in [0.25, 0.3) is 10.9 Å². The van der Waals surface area contributed by atoms with Gasteiger partial charge >= 0.3 is 0 Å². The summed E-state index contributed by atoms with van der Waals surface area (Å²) in [5.74, 6) is -3.94. The number of carbonyl (C=O) groups excluding carboxylic acids is 1. The van der Waals surface area contributed by atoms with E-state index in [4.69, 9.17) is 23.2 Å². The first kappa shape index (κ1) is 36.6. The number of pyridine rings is 1. The summed E-state index contributed by atoms with van der Waals surface area (Å²) in [5, 5.41) is 19.6. The van der Waals surface area contributed by atoms with Crippen LogP contribution in [0.3, 0.4) is 0 Å². The van der Waals surface area contributed by atoms with Crippen LogP contribution in [0.5, 0.6) is 0 Å². The van der Waals surface area contributed by atoms with Crippen LogP contribution in [-0.2, 0) is 0 Å². The summed E-state index contributed by atoms with van der Waals surface area (Å²) in [6.07, 6.45) is 5.31. The number of fused-ring (bicyclic) bond motifs is 1. The highest BCUT2D eigenvalue weighted by Gasteiger charge is 2.46. The molecule has 0 bridgehead atoms. The lowest BCUT2D eigenvalue weighted by molar-refractivity contribution is -0.113. The molecule has 53 heavy (non-hydrogen) atoms. The second kappa shape index (κ2) is 14.2. The summed E-state index contributed by atoms with van der Waals surface area (Å²) in [4.78, 5) is 21.3. The molecule has 0 aliphatic carbocycles. The molecule has 7 rings (SSSR count). The molecule has 3 aliphatic rings. The first-order valence-corrected chi connectivity index (χ1v) is 18.0. The Balaban J connectivity index is 1.25. The SMILES string of the molecule is CC(C)(C)N1CCC(N2C=C([C@@H](Nc3cc(Cl)c4ncc(C#N)c(Nc5ccc(F)c(Cl)c5)c4c3)c3cccc(C(=O)N4CC(F)(F)C4)c3)NN2)CC1. The number of anilines is 3. The van der Waals surface area contributed by atoms with Crippen molar-refractivity contribution in [3.63, 3.8) is 0 Å². The maximum atomic E-state index is 14.0. The molecule has 0 unspecified atom stereocenters. The zero-order valence-corrected chi connectivity index (χ0v) is 30.8. The third kappa shape index (κ3) is 7.68. The van der Waals surface area contributed by atoms with Crippen LogP contribution >= 0.6 is 23.2 Å². The average Bonchev–Trinajstić information content (AvgIpc) is 3.61. The van der Waals surface area contributed by atoms with E-state index in [0.29, 0.717) is 38.6 Å². The molecule has 3 aromatic carbocycles. The zero-order chi connectivity index (χ0) is 37.7. The number of hydrogen-bond donors (Lipinski definition) is 4. The molecule has 4 heterocycles. The van der Waals surface area contributed by atoms with Crippen LogP contribution in [0.1, 0.15) is 61.1 Å². The minimum Gasteiger partial charge on any atom is -0.373 e. The molecule has 1 aromatic heterocycles. The smallest absolute Gasteiger partial charge is 0.282 e. The average molecular weight is 765 g/mol. The number of hydrazine groups is 2. The number of rotatable bonds is 8. The van der Waals surface area contributed by atoms with Gasteiger partial charge < -0.3 is 21.0 Å². The maximum absolute atomic E-state index is 14.0. The molecule has 2 fully saturated rings. The molecule has 1 amide bonds. The number of nitriles is 1. The summed E-state index contributed by atoms with van der Waals surface area (Å²) in [6.45, 7) is 7.32. The van der Waals surface area contributed by atoms with Gasteiger partial charge in [-0.05, 0) is 81.6 Å². The topological polar surface area (TPSA) is 112 Å². The van der Waals surface area contributed by atoms with E-state index in [1.54, 1.807) is 30.3 Å². The number of amides is 1. The number of nitrogens with one attached hydrogen (secondary N) is 4. The van der Waals surface area contributed by atoms with Gasteiger partial charge in [0, 0.05) is 59.4 Å². The highest BCUT2D eigenvalue weighted by Crippen LogP contribution is 2.38. The Kier molecular flexibility index (Phi) is 9.84. The van der Waals surface area contributed by atoms with E-state index in [1.165, 1.54) is 24.4 Å². The van der Waals surface area contributed by atoms with Gasteiger partial charge in [-0.2, -0.15) is 5.26 Å². The molecule has 276 valence electrons. The third-order valence-electron chi connectivity index (χ3n) is 9.87. The fraction of sp³-hybridized carbons (Fsp3) is 0.342. The quantitative estimate of drug-likeness (QED) is 0.142. The Morgan fingerprint density at radius 3 is 2.47 bits per heavy atom. The van der Waals surface area contributed by atoms with Gasteiger partial charge in [0.15, 0.2) is 0 Å². The highest BCUT2D eigenvalue weighted by molar-refractivity contribution is 6.36. The van der Waals surface area contributed by atoms with Crippen molar-refractivity contribution in [1.29, 1.82) is 5.26 Å². The van der Waals surface area contributed by atoms with Crippen LogP contribution in [-0.4, -0.2) is 69.4 Å². The number of aromatic nitrogens is 1. The van der Waals surface area contributed by atoms with Gasteiger partial charge in [0.1, 0.15) is 11.9 Å². The number of carbonyl (C=O) groups is 1. The molecule has 4 aromatic rings. The fourth-order valence-corrected chi connectivity index (χ4v) is 7.43. The lowest BCUT2D eigenvalue weighted by Gasteiger charge is -2.42. The Labute approximate surface area is 315 Å². The summed E-state index contributed by atoms with van der Waals surface area (Å²) in [7, 11) is 0. The number of piperidine rings is 1. The number of halogens is 5. The van der Waals surface area contributed by atoms with E-state index in [-0.39, 0.29) is 27.7 Å². The Hall–Kier alpha value is -4.74. The van der Waals surface area contributed by atoms with Gasteiger partial charge in [0.2, 0.25) is 0 Å². The molecular formula is C38H38Cl2F3N9O. The second-order valence-corrected chi connectivity index (χ2v) is 15.4. The van der Waals surface area contributed by atoms with Crippen LogP contribution in [0.2, 0.25) is 10.0 Å². The first-order valence-electron chi connectivity index (χ1n) is 17.2. The first-order chi connectivity index (χ1) is 25.2. The molecule has 0 spiro atoms. The highest BCUT2D eigenvalue weighted by atomic mass is 35.5. The normalized spacial score (nSPS) is 18.2. The van der Waals surface area contributed by atoms with Gasteiger partial charge in [0.25, 0.3) is 11.8 Å². The summed E-state index contributed by atoms with van der Waals surface area (Å²) in [5.41, 5.74) is 10.5. The number of nitrogens with zero attached hydrogens (tertiary/aromatic N) is 5.